The largest absolute Gasteiger partial charge is 0.481 e. The number of hydrogen-bond donors (Lipinski definition) is 1. The van der Waals surface area contributed by atoms with Gasteiger partial charge in [0.1, 0.15) is 0 Å². The van der Waals surface area contributed by atoms with Crippen molar-refractivity contribution in [3.63, 3.8) is 0 Å². The van der Waals surface area contributed by atoms with E-state index in [-0.39, 0.29) is 12.2 Å². The fourth-order valence-corrected chi connectivity index (χ4v) is 6.21. The van der Waals surface area contributed by atoms with E-state index in [1.54, 1.807) is 11.8 Å². The molecule has 0 aliphatic carbocycles. The van der Waals surface area contributed by atoms with Gasteiger partial charge in [-0.3, -0.25) is 9.59 Å². The Hall–Kier alpha value is -4.29. The molecule has 0 radical (unpaired) electrons. The molecule has 0 saturated heterocycles. The zero-order valence-corrected chi connectivity index (χ0v) is 21.5. The Morgan fingerprint density at radius 3 is 2.21 bits per heavy atom. The lowest BCUT2D eigenvalue weighted by atomic mass is 10.0. The monoisotopic (exact) mass is 518 g/mol. The lowest BCUT2D eigenvalue weighted by Gasteiger charge is -2.32. The first-order valence-electron chi connectivity index (χ1n) is 12.7. The second-order valence-corrected chi connectivity index (χ2v) is 10.5. The Morgan fingerprint density at radius 2 is 1.47 bits per heavy atom. The summed E-state index contributed by atoms with van der Waals surface area (Å²) < 4.78 is 1.99. The predicted octanol–water partition coefficient (Wildman–Crippen LogP) is 7.54. The Morgan fingerprint density at radius 1 is 0.789 bits per heavy atom. The molecule has 0 fully saturated rings. The minimum Gasteiger partial charge on any atom is -0.481 e. The second-order valence-electron chi connectivity index (χ2n) is 9.40. The molecule has 0 atom stereocenters. The summed E-state index contributed by atoms with van der Waals surface area (Å²) in [6, 6.07) is 32.5. The molecule has 0 saturated carbocycles. The van der Waals surface area contributed by atoms with Gasteiger partial charge < -0.3 is 14.6 Å². The average Bonchev–Trinajstić information content (AvgIpc) is 3.31. The van der Waals surface area contributed by atoms with Crippen molar-refractivity contribution in [1.29, 1.82) is 0 Å². The number of para-hydroxylation sites is 3. The van der Waals surface area contributed by atoms with Crippen LogP contribution in [-0.2, 0) is 17.9 Å². The van der Waals surface area contributed by atoms with Crippen molar-refractivity contribution in [3.8, 4) is 0 Å². The molecule has 0 spiro atoms. The van der Waals surface area contributed by atoms with Gasteiger partial charge in [-0.05, 0) is 48.4 Å². The number of anilines is 2. The van der Waals surface area contributed by atoms with E-state index in [4.69, 9.17) is 5.11 Å². The lowest BCUT2D eigenvalue weighted by molar-refractivity contribution is -0.137. The van der Waals surface area contributed by atoms with Gasteiger partial charge in [-0.25, -0.2) is 0 Å². The number of benzene rings is 4. The number of carboxylic acids is 1. The number of hydrogen-bond acceptors (Lipinski definition) is 4. The fourth-order valence-electron chi connectivity index (χ4n) is 5.11. The van der Waals surface area contributed by atoms with Crippen LogP contribution in [0.1, 0.15) is 34.3 Å². The number of carbonyl (C=O) groups excluding carboxylic acids is 1. The summed E-state index contributed by atoms with van der Waals surface area (Å²) >= 11 is 1.78. The summed E-state index contributed by atoms with van der Waals surface area (Å²) in [4.78, 5) is 29.5. The van der Waals surface area contributed by atoms with Gasteiger partial charge in [0.25, 0.3) is 0 Å². The third-order valence-corrected chi connectivity index (χ3v) is 8.02. The van der Waals surface area contributed by atoms with Crippen molar-refractivity contribution in [2.45, 2.75) is 35.7 Å². The minimum absolute atomic E-state index is 0.0324. The minimum atomic E-state index is -0.813. The number of aromatic nitrogens is 1. The first kappa shape index (κ1) is 24.1. The summed E-state index contributed by atoms with van der Waals surface area (Å²) in [6.07, 6.45) is 2.48. The van der Waals surface area contributed by atoms with Crippen molar-refractivity contribution in [2.75, 3.05) is 4.90 Å². The van der Waals surface area contributed by atoms with Gasteiger partial charge in [-0.2, -0.15) is 0 Å². The molecule has 0 bridgehead atoms. The number of ketones is 1. The van der Waals surface area contributed by atoms with Crippen molar-refractivity contribution in [2.24, 2.45) is 0 Å². The van der Waals surface area contributed by atoms with Crippen molar-refractivity contribution < 1.29 is 14.7 Å². The first-order valence-corrected chi connectivity index (χ1v) is 13.5. The smallest absolute Gasteiger partial charge is 0.303 e. The number of rotatable bonds is 8. The summed E-state index contributed by atoms with van der Waals surface area (Å²) in [5.41, 5.74) is 5.60. The highest BCUT2D eigenvalue weighted by Gasteiger charge is 2.23. The maximum absolute atomic E-state index is 13.8. The topological polar surface area (TPSA) is 62.5 Å². The van der Waals surface area contributed by atoms with Gasteiger partial charge in [-0.1, -0.05) is 72.4 Å². The van der Waals surface area contributed by atoms with E-state index in [0.29, 0.717) is 30.6 Å². The molecule has 2 heterocycles. The molecule has 4 aromatic carbocycles. The van der Waals surface area contributed by atoms with Crippen LogP contribution in [0.25, 0.3) is 10.9 Å². The van der Waals surface area contributed by atoms with E-state index in [0.717, 1.165) is 27.8 Å². The third kappa shape index (κ3) is 4.59. The number of carboxylic acid groups (broad SMARTS) is 1. The predicted molar refractivity (Wildman–Crippen MR) is 152 cm³/mol. The molecule has 6 heteroatoms. The van der Waals surface area contributed by atoms with Crippen molar-refractivity contribution in [3.05, 3.63) is 120 Å². The highest BCUT2D eigenvalue weighted by molar-refractivity contribution is 7.99. The number of aliphatic carboxylic acids is 1. The van der Waals surface area contributed by atoms with Crippen LogP contribution in [0.5, 0.6) is 0 Å². The van der Waals surface area contributed by atoms with E-state index in [1.165, 1.54) is 9.79 Å². The average molecular weight is 519 g/mol. The molecule has 1 N–H and O–H groups in total. The summed E-state index contributed by atoms with van der Waals surface area (Å²) in [7, 11) is 0. The molecule has 188 valence electrons. The molecule has 1 aliphatic heterocycles. The standard InChI is InChI=1S/C32H26N2O3S/c35-31(36)17-8-18-33-21-25(24-11-1-2-12-26(24)33)32(37)23-10-7-9-22(19-23)20-34-27-13-3-5-15-29(27)38-30-16-6-4-14-28(30)34/h1-7,9-16,19,21H,8,17-18,20H2,(H,35,36). The summed E-state index contributed by atoms with van der Waals surface area (Å²) in [5.74, 6) is -0.845. The molecule has 0 amide bonds. The van der Waals surface area contributed by atoms with E-state index in [2.05, 4.69) is 59.5 Å². The highest BCUT2D eigenvalue weighted by atomic mass is 32.2. The normalized spacial score (nSPS) is 12.3. The number of fused-ring (bicyclic) bond motifs is 3. The molecule has 6 rings (SSSR count). The van der Waals surface area contributed by atoms with Gasteiger partial charge >= 0.3 is 5.97 Å². The van der Waals surface area contributed by atoms with E-state index >= 15 is 0 Å². The number of carbonyl (C=O) groups is 2. The van der Waals surface area contributed by atoms with Crippen LogP contribution in [0.3, 0.4) is 0 Å². The summed E-state index contributed by atoms with van der Waals surface area (Å²) in [5, 5.41) is 9.91. The third-order valence-electron chi connectivity index (χ3n) is 6.88. The number of aryl methyl sites for hydroxylation is 1. The van der Waals surface area contributed by atoms with E-state index < -0.39 is 5.97 Å². The molecule has 5 nitrogen and oxygen atoms in total. The maximum atomic E-state index is 13.8. The van der Waals surface area contributed by atoms with Crippen LogP contribution < -0.4 is 4.90 Å². The fraction of sp³-hybridized carbons (Fsp3) is 0.125. The van der Waals surface area contributed by atoms with Crippen molar-refractivity contribution >= 4 is 45.8 Å². The Bertz CT molecular complexity index is 1630. The van der Waals surface area contributed by atoms with Crippen LogP contribution in [-0.4, -0.2) is 21.4 Å². The molecule has 1 aliphatic rings. The van der Waals surface area contributed by atoms with Crippen LogP contribution >= 0.6 is 11.8 Å². The Labute approximate surface area is 225 Å². The lowest BCUT2D eigenvalue weighted by Crippen LogP contribution is -2.20. The second kappa shape index (κ2) is 10.2. The summed E-state index contributed by atoms with van der Waals surface area (Å²) in [6.45, 7) is 1.19. The Kier molecular flexibility index (Phi) is 6.48. The Balaban J connectivity index is 1.32. The van der Waals surface area contributed by atoms with Gasteiger partial charge in [-0.15, -0.1) is 0 Å². The van der Waals surface area contributed by atoms with Gasteiger partial charge in [0, 0.05) is 57.5 Å². The quantitative estimate of drug-likeness (QED) is 0.215. The van der Waals surface area contributed by atoms with Crippen LogP contribution in [0, 0.1) is 0 Å². The van der Waals surface area contributed by atoms with Crippen LogP contribution in [0.2, 0.25) is 0 Å². The van der Waals surface area contributed by atoms with Crippen LogP contribution in [0.15, 0.2) is 113 Å². The van der Waals surface area contributed by atoms with E-state index in [1.807, 2.05) is 53.2 Å². The molecule has 5 aromatic rings. The molecular formula is C32H26N2O3S. The first-order chi connectivity index (χ1) is 18.6. The van der Waals surface area contributed by atoms with Crippen LogP contribution in [0.4, 0.5) is 11.4 Å². The van der Waals surface area contributed by atoms with Gasteiger partial charge in [0.2, 0.25) is 0 Å². The van der Waals surface area contributed by atoms with Crippen molar-refractivity contribution in [1.82, 2.24) is 4.57 Å². The maximum Gasteiger partial charge on any atom is 0.303 e. The molecular weight excluding hydrogens is 492 g/mol. The molecule has 1 aromatic heterocycles. The van der Waals surface area contributed by atoms with Gasteiger partial charge in [0.15, 0.2) is 5.78 Å². The number of nitrogens with zero attached hydrogens (tertiary/aromatic N) is 2. The zero-order chi connectivity index (χ0) is 26.1. The molecule has 0 unspecified atom stereocenters. The van der Waals surface area contributed by atoms with E-state index in [9.17, 15) is 9.59 Å². The highest BCUT2D eigenvalue weighted by Crippen LogP contribution is 2.48. The zero-order valence-electron chi connectivity index (χ0n) is 20.7. The van der Waals surface area contributed by atoms with Gasteiger partial charge in [0.05, 0.1) is 11.4 Å². The SMILES string of the molecule is O=C(O)CCCn1cc(C(=O)c2cccc(CN3c4ccccc4Sc4ccccc43)c2)c2ccccc21. The molecule has 38 heavy (non-hydrogen) atoms.